The fraction of sp³-hybridized carbons (Fsp3) is 0.167. The number of nitro benzene ring substituents is 1. The lowest BCUT2D eigenvalue weighted by Crippen LogP contribution is -2.22. The standard InChI is InChI=1S/C24H23N3O4S/c1-15-10-11-20(12-16(15)2)25-23(28)17(3)32-22-9-5-7-19(14-22)26-24(29)18-6-4-8-21(13-18)27(30)31/h4-14,17H,1-3H3,(H,25,28)(H,26,29). The molecule has 3 aromatic carbocycles. The SMILES string of the molecule is Cc1ccc(NC(=O)C(C)Sc2cccc(NC(=O)c3cccc([N+](=O)[O-])c3)c2)cc1C. The quantitative estimate of drug-likeness (QED) is 0.278. The summed E-state index contributed by atoms with van der Waals surface area (Å²) >= 11 is 1.37. The summed E-state index contributed by atoms with van der Waals surface area (Å²) in [6.45, 7) is 5.83. The number of anilines is 2. The largest absolute Gasteiger partial charge is 0.325 e. The average Bonchev–Trinajstić information content (AvgIpc) is 2.76. The second-order valence-corrected chi connectivity index (χ2v) is 8.75. The molecule has 0 heterocycles. The van der Waals surface area contributed by atoms with Gasteiger partial charge in [0.25, 0.3) is 11.6 Å². The highest BCUT2D eigenvalue weighted by Crippen LogP contribution is 2.27. The van der Waals surface area contributed by atoms with E-state index in [0.717, 1.165) is 21.7 Å². The van der Waals surface area contributed by atoms with E-state index in [2.05, 4.69) is 10.6 Å². The van der Waals surface area contributed by atoms with Crippen molar-refractivity contribution in [3.05, 3.63) is 93.5 Å². The van der Waals surface area contributed by atoms with Gasteiger partial charge in [0, 0.05) is 34.0 Å². The molecule has 1 atom stereocenters. The molecule has 164 valence electrons. The predicted molar refractivity (Wildman–Crippen MR) is 127 cm³/mol. The summed E-state index contributed by atoms with van der Waals surface area (Å²) in [4.78, 5) is 36.3. The van der Waals surface area contributed by atoms with E-state index in [4.69, 9.17) is 0 Å². The van der Waals surface area contributed by atoms with Crippen LogP contribution in [0, 0.1) is 24.0 Å². The zero-order valence-electron chi connectivity index (χ0n) is 17.9. The third-order valence-electron chi connectivity index (χ3n) is 4.87. The van der Waals surface area contributed by atoms with E-state index in [9.17, 15) is 19.7 Å². The molecule has 0 saturated heterocycles. The molecule has 8 heteroatoms. The smallest absolute Gasteiger partial charge is 0.270 e. The summed E-state index contributed by atoms with van der Waals surface area (Å²) in [5, 5.41) is 16.2. The van der Waals surface area contributed by atoms with Crippen LogP contribution in [0.5, 0.6) is 0 Å². The summed E-state index contributed by atoms with van der Waals surface area (Å²) in [7, 11) is 0. The summed E-state index contributed by atoms with van der Waals surface area (Å²) in [5.41, 5.74) is 3.60. The third kappa shape index (κ3) is 5.95. The van der Waals surface area contributed by atoms with Crippen molar-refractivity contribution in [2.45, 2.75) is 30.9 Å². The van der Waals surface area contributed by atoms with Gasteiger partial charge in [0.2, 0.25) is 5.91 Å². The number of carbonyl (C=O) groups is 2. The minimum absolute atomic E-state index is 0.121. The summed E-state index contributed by atoms with van der Waals surface area (Å²) in [6.07, 6.45) is 0. The van der Waals surface area contributed by atoms with Crippen LogP contribution in [-0.4, -0.2) is 22.0 Å². The molecule has 2 N–H and O–H groups in total. The number of benzene rings is 3. The molecule has 0 spiro atoms. The highest BCUT2D eigenvalue weighted by molar-refractivity contribution is 8.00. The van der Waals surface area contributed by atoms with E-state index in [1.807, 2.05) is 45.0 Å². The van der Waals surface area contributed by atoms with Crippen LogP contribution in [-0.2, 0) is 4.79 Å². The van der Waals surface area contributed by atoms with Crippen molar-refractivity contribution in [3.63, 3.8) is 0 Å². The lowest BCUT2D eigenvalue weighted by molar-refractivity contribution is -0.384. The first-order valence-electron chi connectivity index (χ1n) is 9.93. The van der Waals surface area contributed by atoms with E-state index < -0.39 is 10.8 Å². The number of carbonyl (C=O) groups excluding carboxylic acids is 2. The molecule has 7 nitrogen and oxygen atoms in total. The fourth-order valence-electron chi connectivity index (χ4n) is 2.93. The lowest BCUT2D eigenvalue weighted by atomic mass is 10.1. The van der Waals surface area contributed by atoms with Crippen LogP contribution in [0.2, 0.25) is 0 Å². The Kier molecular flexibility index (Phi) is 7.27. The molecular weight excluding hydrogens is 426 g/mol. The molecule has 3 aromatic rings. The van der Waals surface area contributed by atoms with Gasteiger partial charge in [-0.1, -0.05) is 18.2 Å². The third-order valence-corrected chi connectivity index (χ3v) is 5.96. The van der Waals surface area contributed by atoms with Crippen molar-refractivity contribution >= 4 is 40.6 Å². The molecule has 0 aliphatic rings. The van der Waals surface area contributed by atoms with E-state index in [-0.39, 0.29) is 22.4 Å². The molecular formula is C24H23N3O4S. The van der Waals surface area contributed by atoms with Crippen molar-refractivity contribution in [2.24, 2.45) is 0 Å². The molecule has 0 aliphatic heterocycles. The number of hydrogen-bond donors (Lipinski definition) is 2. The van der Waals surface area contributed by atoms with Crippen molar-refractivity contribution < 1.29 is 14.5 Å². The molecule has 0 aliphatic carbocycles. The normalized spacial score (nSPS) is 11.5. The van der Waals surface area contributed by atoms with Gasteiger partial charge in [-0.2, -0.15) is 0 Å². The van der Waals surface area contributed by atoms with Crippen LogP contribution in [0.1, 0.15) is 28.4 Å². The first-order chi connectivity index (χ1) is 15.2. The molecule has 0 radical (unpaired) electrons. The van der Waals surface area contributed by atoms with Gasteiger partial charge < -0.3 is 10.6 Å². The Bertz CT molecular complexity index is 1180. The fourth-order valence-corrected chi connectivity index (χ4v) is 3.86. The average molecular weight is 450 g/mol. The summed E-state index contributed by atoms with van der Waals surface area (Å²) < 4.78 is 0. The van der Waals surface area contributed by atoms with Crippen LogP contribution in [0.15, 0.2) is 71.6 Å². The molecule has 0 saturated carbocycles. The maximum absolute atomic E-state index is 12.6. The Hall–Kier alpha value is -3.65. The number of nitrogens with zero attached hydrogens (tertiary/aromatic N) is 1. The summed E-state index contributed by atoms with van der Waals surface area (Å²) in [5.74, 6) is -0.569. The Morgan fingerprint density at radius 2 is 1.62 bits per heavy atom. The zero-order valence-corrected chi connectivity index (χ0v) is 18.7. The molecule has 3 rings (SSSR count). The van der Waals surface area contributed by atoms with Crippen molar-refractivity contribution in [1.29, 1.82) is 0 Å². The monoisotopic (exact) mass is 449 g/mol. The van der Waals surface area contributed by atoms with Crippen LogP contribution in [0.4, 0.5) is 17.1 Å². The summed E-state index contributed by atoms with van der Waals surface area (Å²) in [6, 6.07) is 18.4. The number of thioether (sulfide) groups is 1. The number of nitro groups is 1. The van der Waals surface area contributed by atoms with Gasteiger partial charge >= 0.3 is 0 Å². The molecule has 0 bridgehead atoms. The number of aryl methyl sites for hydroxylation is 2. The van der Waals surface area contributed by atoms with Crippen molar-refractivity contribution in [2.75, 3.05) is 10.6 Å². The minimum Gasteiger partial charge on any atom is -0.325 e. The maximum Gasteiger partial charge on any atom is 0.270 e. The molecule has 0 aromatic heterocycles. The Morgan fingerprint density at radius 1 is 0.906 bits per heavy atom. The highest BCUT2D eigenvalue weighted by Gasteiger charge is 2.16. The minimum atomic E-state index is -0.543. The Balaban J connectivity index is 1.64. The number of non-ortho nitro benzene ring substituents is 1. The van der Waals surface area contributed by atoms with Gasteiger partial charge in [-0.3, -0.25) is 19.7 Å². The van der Waals surface area contributed by atoms with Crippen LogP contribution in [0.3, 0.4) is 0 Å². The van der Waals surface area contributed by atoms with Gasteiger partial charge in [-0.15, -0.1) is 11.8 Å². The van der Waals surface area contributed by atoms with Crippen molar-refractivity contribution in [1.82, 2.24) is 0 Å². The van der Waals surface area contributed by atoms with E-state index in [1.165, 1.54) is 36.0 Å². The predicted octanol–water partition coefficient (Wildman–Crippen LogP) is 5.58. The molecule has 32 heavy (non-hydrogen) atoms. The van der Waals surface area contributed by atoms with E-state index >= 15 is 0 Å². The van der Waals surface area contributed by atoms with Crippen molar-refractivity contribution in [3.8, 4) is 0 Å². The molecule has 1 unspecified atom stereocenters. The van der Waals surface area contributed by atoms with Crippen LogP contribution in [0.25, 0.3) is 0 Å². The number of rotatable bonds is 7. The van der Waals surface area contributed by atoms with Gasteiger partial charge in [0.05, 0.1) is 10.2 Å². The first kappa shape index (κ1) is 23.0. The Labute approximate surface area is 190 Å². The molecule has 0 fully saturated rings. The van der Waals surface area contributed by atoms with Crippen LogP contribution < -0.4 is 10.6 Å². The molecule has 2 amide bonds. The van der Waals surface area contributed by atoms with Crippen LogP contribution >= 0.6 is 11.8 Å². The number of nitrogens with one attached hydrogen (secondary N) is 2. The second kappa shape index (κ2) is 10.1. The zero-order chi connectivity index (χ0) is 23.3. The topological polar surface area (TPSA) is 101 Å². The maximum atomic E-state index is 12.6. The van der Waals surface area contributed by atoms with Gasteiger partial charge in [0.15, 0.2) is 0 Å². The van der Waals surface area contributed by atoms with Gasteiger partial charge in [-0.25, -0.2) is 0 Å². The second-order valence-electron chi connectivity index (χ2n) is 7.34. The Morgan fingerprint density at radius 3 is 2.34 bits per heavy atom. The van der Waals surface area contributed by atoms with E-state index in [0.29, 0.717) is 5.69 Å². The number of amides is 2. The number of hydrogen-bond acceptors (Lipinski definition) is 5. The highest BCUT2D eigenvalue weighted by atomic mass is 32.2. The van der Waals surface area contributed by atoms with E-state index in [1.54, 1.807) is 18.2 Å². The van der Waals surface area contributed by atoms with Gasteiger partial charge in [0.1, 0.15) is 0 Å². The first-order valence-corrected chi connectivity index (χ1v) is 10.8. The lowest BCUT2D eigenvalue weighted by Gasteiger charge is -2.14. The van der Waals surface area contributed by atoms with Gasteiger partial charge in [-0.05, 0) is 68.3 Å².